The molecule has 0 amide bonds. The number of unbranched alkanes of at least 4 members (excludes halogenated alkanes) is 18. The zero-order valence-corrected chi connectivity index (χ0v) is 48.6. The van der Waals surface area contributed by atoms with E-state index in [9.17, 15) is 0 Å². The highest BCUT2D eigenvalue weighted by Crippen LogP contribution is 2.53. The molecule has 6 heteroatoms. The largest absolute Gasteiger partial charge is 0.492 e. The second kappa shape index (κ2) is 30.2. The Kier molecular flexibility index (Phi) is 21.1. The number of ether oxygens (including phenoxy) is 2. The Morgan fingerprint density at radius 2 is 0.622 bits per heavy atom. The quantitative estimate of drug-likeness (QED) is 0.0403. The van der Waals surface area contributed by atoms with E-state index in [1.165, 1.54) is 103 Å². The second-order valence-electron chi connectivity index (χ2n) is 22.2. The number of aromatic nitrogens is 4. The van der Waals surface area contributed by atoms with Crippen LogP contribution in [0.4, 0.5) is 0 Å². The Hall–Kier alpha value is -7.96. The van der Waals surface area contributed by atoms with Gasteiger partial charge in [-0.2, -0.15) is 0 Å². The van der Waals surface area contributed by atoms with Gasteiger partial charge in [0.1, 0.15) is 11.5 Å². The molecular weight excluding hydrogens is 1000 g/mol. The van der Waals surface area contributed by atoms with Crippen LogP contribution in [0.25, 0.3) is 100.0 Å². The van der Waals surface area contributed by atoms with Crippen molar-refractivity contribution >= 4 is 21.5 Å². The first kappa shape index (κ1) is 57.3. The molecule has 0 aliphatic rings. The lowest BCUT2D eigenvalue weighted by Gasteiger charge is -2.24. The summed E-state index contributed by atoms with van der Waals surface area (Å²) in [4.78, 5) is 18.7. The standard InChI is InChI=1S/C76H82N4O2/c1-3-5-7-9-11-13-15-17-19-29-51-81-75-67(59-41-37-57(38-42-59)63-45-47-71(79-55-63)69-35-25-27-49-77-69)53-61-31-21-23-33-65(61)73(75)74-66-34-24-22-32-62(66)54-68(76(74)82-52-30-20-18-16-14-12-10-8-6-4-2)60-43-39-58(40-44-60)64-46-48-72(80-56-64)70-36-26-28-50-78-70/h21-28,31-50,53-56H,3-20,29-30,51-52H2,1-2H3. The zero-order valence-electron chi connectivity index (χ0n) is 48.6. The van der Waals surface area contributed by atoms with Crippen molar-refractivity contribution in [1.29, 1.82) is 0 Å². The molecule has 0 aliphatic carbocycles. The van der Waals surface area contributed by atoms with Gasteiger partial charge in [-0.1, -0.05) is 251 Å². The second-order valence-corrected chi connectivity index (χ2v) is 22.2. The molecule has 418 valence electrons. The summed E-state index contributed by atoms with van der Waals surface area (Å²) in [5, 5.41) is 4.59. The molecule has 0 N–H and O–H groups in total. The van der Waals surface area contributed by atoms with E-state index in [0.29, 0.717) is 13.2 Å². The van der Waals surface area contributed by atoms with Gasteiger partial charge in [0, 0.05) is 58.2 Å². The van der Waals surface area contributed by atoms with E-state index in [-0.39, 0.29) is 0 Å². The van der Waals surface area contributed by atoms with Gasteiger partial charge in [-0.15, -0.1) is 0 Å². The lowest BCUT2D eigenvalue weighted by atomic mass is 9.86. The smallest absolute Gasteiger partial charge is 0.135 e. The minimum atomic E-state index is 0.618. The van der Waals surface area contributed by atoms with E-state index in [4.69, 9.17) is 19.4 Å². The van der Waals surface area contributed by atoms with Crippen LogP contribution >= 0.6 is 0 Å². The predicted octanol–water partition coefficient (Wildman–Crippen LogP) is 21.8. The number of nitrogens with zero attached hydrogens (tertiary/aromatic N) is 4. The highest BCUT2D eigenvalue weighted by molar-refractivity contribution is 6.14. The first-order valence-corrected chi connectivity index (χ1v) is 31.0. The van der Waals surface area contributed by atoms with E-state index < -0.39 is 0 Å². The third-order valence-electron chi connectivity index (χ3n) is 16.2. The molecule has 4 heterocycles. The highest BCUT2D eigenvalue weighted by atomic mass is 16.5. The lowest BCUT2D eigenvalue weighted by Crippen LogP contribution is -2.05. The minimum absolute atomic E-state index is 0.618. The molecule has 0 aliphatic heterocycles. The summed E-state index contributed by atoms with van der Waals surface area (Å²) < 4.78 is 14.8. The molecule has 0 saturated carbocycles. The van der Waals surface area contributed by atoms with Gasteiger partial charge in [0.2, 0.25) is 0 Å². The van der Waals surface area contributed by atoms with Gasteiger partial charge in [0.15, 0.2) is 0 Å². The third-order valence-corrected chi connectivity index (χ3v) is 16.2. The average Bonchev–Trinajstić information content (AvgIpc) is 3.71. The molecule has 0 radical (unpaired) electrons. The van der Waals surface area contributed by atoms with Crippen LogP contribution in [0.2, 0.25) is 0 Å². The van der Waals surface area contributed by atoms with Gasteiger partial charge in [0.05, 0.1) is 36.0 Å². The summed E-state index contributed by atoms with van der Waals surface area (Å²) in [5.74, 6) is 1.79. The van der Waals surface area contributed by atoms with Crippen LogP contribution in [-0.2, 0) is 0 Å². The van der Waals surface area contributed by atoms with Gasteiger partial charge in [-0.05, 0) is 105 Å². The lowest BCUT2D eigenvalue weighted by molar-refractivity contribution is 0.303. The molecule has 0 spiro atoms. The fourth-order valence-electron chi connectivity index (χ4n) is 11.6. The van der Waals surface area contributed by atoms with Crippen molar-refractivity contribution in [3.63, 3.8) is 0 Å². The van der Waals surface area contributed by atoms with Crippen LogP contribution in [-0.4, -0.2) is 33.1 Å². The fourth-order valence-corrected chi connectivity index (χ4v) is 11.6. The van der Waals surface area contributed by atoms with E-state index in [0.717, 1.165) is 137 Å². The van der Waals surface area contributed by atoms with Crippen LogP contribution < -0.4 is 9.47 Å². The Morgan fingerprint density at radius 3 is 0.976 bits per heavy atom. The molecule has 10 aromatic rings. The van der Waals surface area contributed by atoms with E-state index in [1.807, 2.05) is 61.2 Å². The van der Waals surface area contributed by atoms with E-state index in [1.54, 1.807) is 0 Å². The minimum Gasteiger partial charge on any atom is -0.492 e. The average molecular weight is 1080 g/mol. The molecular formula is C76H82N4O2. The normalized spacial score (nSPS) is 11.4. The fraction of sp³-hybridized carbons (Fsp3) is 0.316. The van der Waals surface area contributed by atoms with Crippen molar-refractivity contribution in [2.24, 2.45) is 0 Å². The van der Waals surface area contributed by atoms with Gasteiger partial charge < -0.3 is 9.47 Å². The van der Waals surface area contributed by atoms with Crippen molar-refractivity contribution < 1.29 is 9.47 Å². The molecule has 6 nitrogen and oxygen atoms in total. The van der Waals surface area contributed by atoms with Crippen LogP contribution in [0.15, 0.2) is 195 Å². The van der Waals surface area contributed by atoms with Crippen LogP contribution in [0.3, 0.4) is 0 Å². The Morgan fingerprint density at radius 1 is 0.293 bits per heavy atom. The summed E-state index contributed by atoms with van der Waals surface area (Å²) in [5.41, 5.74) is 14.2. The number of hydrogen-bond acceptors (Lipinski definition) is 6. The monoisotopic (exact) mass is 1080 g/mol. The third kappa shape index (κ3) is 14.9. The number of pyridine rings is 4. The number of fused-ring (bicyclic) bond motifs is 2. The van der Waals surface area contributed by atoms with Crippen molar-refractivity contribution in [3.05, 3.63) is 195 Å². The predicted molar refractivity (Wildman–Crippen MR) is 345 cm³/mol. The Bertz CT molecular complexity index is 3290. The summed E-state index contributed by atoms with van der Waals surface area (Å²) in [6, 6.07) is 60.6. The molecule has 0 fully saturated rings. The summed E-state index contributed by atoms with van der Waals surface area (Å²) in [7, 11) is 0. The molecule has 6 aromatic carbocycles. The van der Waals surface area contributed by atoms with Gasteiger partial charge in [-0.25, -0.2) is 0 Å². The summed E-state index contributed by atoms with van der Waals surface area (Å²) in [6.45, 7) is 5.82. The van der Waals surface area contributed by atoms with Gasteiger partial charge in [-0.3, -0.25) is 19.9 Å². The first-order valence-electron chi connectivity index (χ1n) is 31.0. The van der Waals surface area contributed by atoms with Crippen LogP contribution in [0.5, 0.6) is 11.5 Å². The van der Waals surface area contributed by atoms with Crippen molar-refractivity contribution in [2.75, 3.05) is 13.2 Å². The Labute approximate surface area is 488 Å². The van der Waals surface area contributed by atoms with Crippen LogP contribution in [0, 0.1) is 0 Å². The van der Waals surface area contributed by atoms with Crippen LogP contribution in [0.1, 0.15) is 142 Å². The zero-order chi connectivity index (χ0) is 56.0. The highest BCUT2D eigenvalue weighted by Gasteiger charge is 2.26. The van der Waals surface area contributed by atoms with Gasteiger partial charge in [0.25, 0.3) is 0 Å². The maximum absolute atomic E-state index is 7.41. The topological polar surface area (TPSA) is 70.0 Å². The maximum Gasteiger partial charge on any atom is 0.135 e. The SMILES string of the molecule is CCCCCCCCCCCCOc1c(-c2ccc(-c3ccc(-c4ccccn4)nc3)cc2)cc2ccccc2c1-c1c(OCCCCCCCCCCCC)c(-c2ccc(-c3ccc(-c4ccccn4)nc3)cc2)cc2ccccc12. The Balaban J connectivity index is 1.04. The number of benzene rings is 6. The number of hydrogen-bond donors (Lipinski definition) is 0. The van der Waals surface area contributed by atoms with Crippen molar-refractivity contribution in [1.82, 2.24) is 19.9 Å². The molecule has 0 unspecified atom stereocenters. The molecule has 0 atom stereocenters. The molecule has 10 rings (SSSR count). The summed E-state index contributed by atoms with van der Waals surface area (Å²) in [6.07, 6.45) is 32.8. The molecule has 4 aromatic heterocycles. The van der Waals surface area contributed by atoms with E-state index in [2.05, 4.69) is 157 Å². The van der Waals surface area contributed by atoms with E-state index >= 15 is 0 Å². The molecule has 82 heavy (non-hydrogen) atoms. The number of rotatable bonds is 31. The first-order chi connectivity index (χ1) is 40.7. The van der Waals surface area contributed by atoms with Gasteiger partial charge >= 0.3 is 0 Å². The molecule has 0 bridgehead atoms. The summed E-state index contributed by atoms with van der Waals surface area (Å²) >= 11 is 0. The van der Waals surface area contributed by atoms with Crippen molar-refractivity contribution in [3.8, 4) is 89.9 Å². The molecule has 0 saturated heterocycles. The maximum atomic E-state index is 7.41. The van der Waals surface area contributed by atoms with Crippen molar-refractivity contribution in [2.45, 2.75) is 142 Å².